The quantitative estimate of drug-likeness (QED) is 0.511. The van der Waals surface area contributed by atoms with Crippen molar-refractivity contribution in [1.82, 2.24) is 0 Å². The van der Waals surface area contributed by atoms with Gasteiger partial charge in [0.25, 0.3) is 0 Å². The normalized spacial score (nSPS) is 18.2. The van der Waals surface area contributed by atoms with Crippen LogP contribution in [0, 0.1) is 0 Å². The third-order valence-electron chi connectivity index (χ3n) is 5.35. The lowest BCUT2D eigenvalue weighted by molar-refractivity contribution is 0.649. The second kappa shape index (κ2) is 7.66. The van der Waals surface area contributed by atoms with Crippen molar-refractivity contribution >= 4 is 17.4 Å². The van der Waals surface area contributed by atoms with Crippen molar-refractivity contribution in [2.45, 2.75) is 10.7 Å². The second-order valence-electron chi connectivity index (χ2n) is 7.17. The van der Waals surface area contributed by atoms with E-state index >= 15 is 0 Å². The first-order valence-corrected chi connectivity index (χ1v) is 10.4. The Labute approximate surface area is 166 Å². The van der Waals surface area contributed by atoms with Gasteiger partial charge >= 0.3 is 0 Å². The van der Waals surface area contributed by atoms with Gasteiger partial charge in [-0.15, -0.1) is 11.8 Å². The van der Waals surface area contributed by atoms with E-state index in [9.17, 15) is 0 Å². The second-order valence-corrected chi connectivity index (χ2v) is 8.44. The maximum atomic E-state index is 2.40. The molecule has 0 amide bonds. The molecule has 27 heavy (non-hydrogen) atoms. The van der Waals surface area contributed by atoms with Crippen LogP contribution in [0.5, 0.6) is 0 Å². The standard InChI is InChI=1S/C25H25NS/c1-26(2)23-17-15-20(16-18-23)24-14-9-19-27-25(24,21-10-5-3-6-11-21)22-12-7-4-8-13-22/h3-18,24H,19H2,1-2H3. The molecule has 136 valence electrons. The lowest BCUT2D eigenvalue weighted by Gasteiger charge is -2.42. The molecule has 0 fully saturated rings. The molecular formula is C25H25NS. The first kappa shape index (κ1) is 17.9. The van der Waals surface area contributed by atoms with Gasteiger partial charge in [-0.05, 0) is 28.8 Å². The summed E-state index contributed by atoms with van der Waals surface area (Å²) in [7, 11) is 4.17. The summed E-state index contributed by atoms with van der Waals surface area (Å²) >= 11 is 2.03. The minimum atomic E-state index is -0.114. The number of anilines is 1. The SMILES string of the molecule is CN(C)c1ccc(C2C=CCSC2(c2ccccc2)c2ccccc2)cc1. The molecule has 1 heterocycles. The summed E-state index contributed by atoms with van der Waals surface area (Å²) in [5, 5.41) is 0. The summed E-state index contributed by atoms with van der Waals surface area (Å²) in [5.41, 5.74) is 5.33. The van der Waals surface area contributed by atoms with Gasteiger partial charge in [0, 0.05) is 31.5 Å². The molecule has 2 heteroatoms. The number of allylic oxidation sites excluding steroid dienone is 1. The van der Waals surface area contributed by atoms with E-state index in [0.29, 0.717) is 0 Å². The number of thioether (sulfide) groups is 1. The van der Waals surface area contributed by atoms with Crippen LogP contribution in [0.3, 0.4) is 0 Å². The molecule has 3 aromatic carbocycles. The summed E-state index contributed by atoms with van der Waals surface area (Å²) in [6.07, 6.45) is 4.72. The fourth-order valence-corrected chi connectivity index (χ4v) is 5.46. The van der Waals surface area contributed by atoms with E-state index in [1.54, 1.807) is 0 Å². The fourth-order valence-electron chi connectivity index (χ4n) is 3.99. The van der Waals surface area contributed by atoms with E-state index in [-0.39, 0.29) is 10.7 Å². The number of hydrogen-bond donors (Lipinski definition) is 0. The zero-order valence-corrected chi connectivity index (χ0v) is 16.7. The van der Waals surface area contributed by atoms with Gasteiger partial charge in [-0.3, -0.25) is 0 Å². The van der Waals surface area contributed by atoms with Gasteiger partial charge in [-0.2, -0.15) is 0 Å². The number of hydrogen-bond acceptors (Lipinski definition) is 2. The van der Waals surface area contributed by atoms with Crippen LogP contribution in [0.1, 0.15) is 22.6 Å². The van der Waals surface area contributed by atoms with Gasteiger partial charge in [0.05, 0.1) is 4.75 Å². The minimum absolute atomic E-state index is 0.114. The highest BCUT2D eigenvalue weighted by Gasteiger charge is 2.43. The van der Waals surface area contributed by atoms with Crippen molar-refractivity contribution in [3.05, 3.63) is 114 Å². The van der Waals surface area contributed by atoms with Crippen molar-refractivity contribution in [2.75, 3.05) is 24.7 Å². The Balaban J connectivity index is 1.89. The average Bonchev–Trinajstić information content (AvgIpc) is 2.75. The molecule has 1 nitrogen and oxygen atoms in total. The van der Waals surface area contributed by atoms with Crippen LogP contribution in [0.2, 0.25) is 0 Å². The van der Waals surface area contributed by atoms with Crippen LogP contribution in [-0.2, 0) is 4.75 Å². The third kappa shape index (κ3) is 3.30. The van der Waals surface area contributed by atoms with E-state index < -0.39 is 0 Å². The monoisotopic (exact) mass is 371 g/mol. The maximum absolute atomic E-state index is 2.40. The highest BCUT2D eigenvalue weighted by Crippen LogP contribution is 2.55. The van der Waals surface area contributed by atoms with E-state index in [0.717, 1.165) is 5.75 Å². The van der Waals surface area contributed by atoms with Gasteiger partial charge in [0.15, 0.2) is 0 Å². The van der Waals surface area contributed by atoms with Gasteiger partial charge in [0.1, 0.15) is 0 Å². The Kier molecular flexibility index (Phi) is 5.09. The molecule has 0 N–H and O–H groups in total. The summed E-state index contributed by atoms with van der Waals surface area (Å²) in [4.78, 5) is 2.15. The zero-order valence-electron chi connectivity index (χ0n) is 15.9. The van der Waals surface area contributed by atoms with Crippen LogP contribution in [0.15, 0.2) is 97.1 Å². The van der Waals surface area contributed by atoms with Crippen LogP contribution in [-0.4, -0.2) is 19.8 Å². The number of benzene rings is 3. The predicted octanol–water partition coefficient (Wildman–Crippen LogP) is 6.08. The van der Waals surface area contributed by atoms with Crippen LogP contribution >= 0.6 is 11.8 Å². The molecule has 0 spiro atoms. The Morgan fingerprint density at radius 1 is 0.778 bits per heavy atom. The number of nitrogens with zero attached hydrogens (tertiary/aromatic N) is 1. The van der Waals surface area contributed by atoms with Crippen molar-refractivity contribution in [3.8, 4) is 0 Å². The Morgan fingerprint density at radius 2 is 1.33 bits per heavy atom. The molecule has 0 aliphatic carbocycles. The molecule has 0 aromatic heterocycles. The summed E-state index contributed by atoms with van der Waals surface area (Å²) in [6, 6.07) is 31.0. The van der Waals surface area contributed by atoms with E-state index in [1.165, 1.54) is 22.4 Å². The molecule has 3 aromatic rings. The van der Waals surface area contributed by atoms with Crippen molar-refractivity contribution in [3.63, 3.8) is 0 Å². The molecule has 1 atom stereocenters. The molecule has 0 bridgehead atoms. The lowest BCUT2D eigenvalue weighted by atomic mass is 9.75. The fraction of sp³-hybridized carbons (Fsp3) is 0.200. The predicted molar refractivity (Wildman–Crippen MR) is 119 cm³/mol. The number of rotatable bonds is 4. The molecule has 0 saturated carbocycles. The highest BCUT2D eigenvalue weighted by molar-refractivity contribution is 8.00. The Bertz CT molecular complexity index is 859. The smallest absolute Gasteiger partial charge is 0.0763 e. The first-order chi connectivity index (χ1) is 13.2. The van der Waals surface area contributed by atoms with Crippen LogP contribution in [0.4, 0.5) is 5.69 Å². The highest BCUT2D eigenvalue weighted by atomic mass is 32.2. The largest absolute Gasteiger partial charge is 0.378 e. The molecule has 0 radical (unpaired) electrons. The van der Waals surface area contributed by atoms with Gasteiger partial charge in [-0.1, -0.05) is 84.9 Å². The van der Waals surface area contributed by atoms with Crippen molar-refractivity contribution in [1.29, 1.82) is 0 Å². The van der Waals surface area contributed by atoms with Gasteiger partial charge in [0.2, 0.25) is 0 Å². The molecular weight excluding hydrogens is 346 g/mol. The summed E-state index contributed by atoms with van der Waals surface area (Å²) in [5.74, 6) is 1.31. The Morgan fingerprint density at radius 3 is 1.85 bits per heavy atom. The average molecular weight is 372 g/mol. The first-order valence-electron chi connectivity index (χ1n) is 9.41. The third-order valence-corrected chi connectivity index (χ3v) is 6.89. The Hall–Kier alpha value is -2.45. The summed E-state index contributed by atoms with van der Waals surface area (Å²) < 4.78 is -0.114. The molecule has 1 aliphatic rings. The van der Waals surface area contributed by atoms with E-state index in [1.807, 2.05) is 11.8 Å². The lowest BCUT2D eigenvalue weighted by Crippen LogP contribution is -2.33. The van der Waals surface area contributed by atoms with Crippen LogP contribution < -0.4 is 4.90 Å². The molecule has 1 aliphatic heterocycles. The topological polar surface area (TPSA) is 3.24 Å². The minimum Gasteiger partial charge on any atom is -0.378 e. The summed E-state index contributed by atoms with van der Waals surface area (Å²) in [6.45, 7) is 0. The zero-order chi connectivity index (χ0) is 18.7. The van der Waals surface area contributed by atoms with E-state index in [4.69, 9.17) is 0 Å². The molecule has 1 unspecified atom stereocenters. The van der Waals surface area contributed by atoms with Gasteiger partial charge in [-0.25, -0.2) is 0 Å². The van der Waals surface area contributed by atoms with Crippen molar-refractivity contribution < 1.29 is 0 Å². The maximum Gasteiger partial charge on any atom is 0.0763 e. The van der Waals surface area contributed by atoms with Crippen molar-refractivity contribution in [2.24, 2.45) is 0 Å². The van der Waals surface area contributed by atoms with Gasteiger partial charge < -0.3 is 4.90 Å². The molecule has 4 rings (SSSR count). The van der Waals surface area contributed by atoms with Crippen LogP contribution in [0.25, 0.3) is 0 Å². The molecule has 0 saturated heterocycles. The van der Waals surface area contributed by atoms with E-state index in [2.05, 4.69) is 116 Å².